The molecule has 2 heterocycles. The minimum absolute atomic E-state index is 0.156. The van der Waals surface area contributed by atoms with Crippen molar-refractivity contribution in [1.82, 2.24) is 4.98 Å². The highest BCUT2D eigenvalue weighted by atomic mass is 16.5. The molecule has 0 bridgehead atoms. The lowest BCUT2D eigenvalue weighted by molar-refractivity contribution is -0.117. The second kappa shape index (κ2) is 9.77. The van der Waals surface area contributed by atoms with Gasteiger partial charge < -0.3 is 19.2 Å². The van der Waals surface area contributed by atoms with Crippen LogP contribution in [0.15, 0.2) is 36.5 Å². The van der Waals surface area contributed by atoms with Crippen molar-refractivity contribution in [2.75, 3.05) is 24.6 Å². The average Bonchev–Trinajstić information content (AvgIpc) is 3.15. The quantitative estimate of drug-likeness (QED) is 0.602. The van der Waals surface area contributed by atoms with Gasteiger partial charge in [0.2, 0.25) is 5.88 Å². The molecular weight excluding hydrogens is 364 g/mol. The molecule has 0 N–H and O–H groups in total. The maximum absolute atomic E-state index is 11.3. The number of aromatic nitrogens is 1. The molecule has 0 radical (unpaired) electrons. The number of Topliss-reactive ketones (excluding diaryl/α,β-unsaturated/α-hetero) is 1. The normalized spacial score (nSPS) is 17.2. The minimum atomic E-state index is 0.156. The lowest BCUT2D eigenvalue weighted by Crippen LogP contribution is -2.25. The first-order chi connectivity index (χ1) is 14.0. The number of carbonyl (C=O) groups is 1. The summed E-state index contributed by atoms with van der Waals surface area (Å²) in [6.45, 7) is 10.4. The molecule has 0 spiro atoms. The van der Waals surface area contributed by atoms with E-state index in [1.165, 1.54) is 11.3 Å². The molecule has 1 aliphatic rings. The molecule has 1 saturated heterocycles. The molecule has 2 aromatic rings. The molecule has 3 rings (SSSR count). The van der Waals surface area contributed by atoms with E-state index in [1.807, 2.05) is 18.3 Å². The summed E-state index contributed by atoms with van der Waals surface area (Å²) in [5.74, 6) is 2.07. The first kappa shape index (κ1) is 21.2. The molecule has 1 aromatic carbocycles. The molecule has 0 aliphatic carbocycles. The molecule has 2 atom stereocenters. The number of pyridine rings is 1. The van der Waals surface area contributed by atoms with Gasteiger partial charge in [-0.1, -0.05) is 26.0 Å². The van der Waals surface area contributed by atoms with Crippen LogP contribution in [0.2, 0.25) is 0 Å². The standard InChI is InChI=1S/C24H32N2O3/c1-5-14-28-24-19(4)23(10-12-25-24)26-13-11-22(16-26)29-21-8-6-20(7-9-21)17(2)15-18(3)27/h6-10,12,17,22H,5,11,13-16H2,1-4H3/t17-,22-/m1/s1. The maximum Gasteiger partial charge on any atom is 0.218 e. The molecule has 0 amide bonds. The van der Waals surface area contributed by atoms with Gasteiger partial charge in [-0.25, -0.2) is 4.98 Å². The van der Waals surface area contributed by atoms with Crippen molar-refractivity contribution in [1.29, 1.82) is 0 Å². The molecule has 0 unspecified atom stereocenters. The van der Waals surface area contributed by atoms with Crippen LogP contribution in [0.4, 0.5) is 5.69 Å². The van der Waals surface area contributed by atoms with E-state index in [0.29, 0.717) is 13.0 Å². The van der Waals surface area contributed by atoms with Gasteiger partial charge in [0, 0.05) is 36.8 Å². The minimum Gasteiger partial charge on any atom is -0.489 e. The molecule has 29 heavy (non-hydrogen) atoms. The lowest BCUT2D eigenvalue weighted by atomic mass is 9.96. The predicted molar refractivity (Wildman–Crippen MR) is 116 cm³/mol. The molecule has 5 heteroatoms. The van der Waals surface area contributed by atoms with Crippen molar-refractivity contribution in [2.24, 2.45) is 0 Å². The van der Waals surface area contributed by atoms with Crippen molar-refractivity contribution in [3.8, 4) is 11.6 Å². The predicted octanol–water partition coefficient (Wildman–Crippen LogP) is 4.92. The maximum atomic E-state index is 11.3. The van der Waals surface area contributed by atoms with E-state index in [0.717, 1.165) is 43.1 Å². The van der Waals surface area contributed by atoms with Crippen LogP contribution >= 0.6 is 0 Å². The molecule has 1 aromatic heterocycles. The zero-order chi connectivity index (χ0) is 20.8. The van der Waals surface area contributed by atoms with Crippen molar-refractivity contribution in [3.05, 3.63) is 47.7 Å². The third-order valence-electron chi connectivity index (χ3n) is 5.40. The van der Waals surface area contributed by atoms with Crippen molar-refractivity contribution in [2.45, 2.75) is 59.0 Å². The number of ketones is 1. The number of carbonyl (C=O) groups excluding carboxylic acids is 1. The summed E-state index contributed by atoms with van der Waals surface area (Å²) < 4.78 is 12.0. The van der Waals surface area contributed by atoms with Crippen LogP contribution in [0.3, 0.4) is 0 Å². The van der Waals surface area contributed by atoms with Crippen molar-refractivity contribution >= 4 is 11.5 Å². The summed E-state index contributed by atoms with van der Waals surface area (Å²) in [6, 6.07) is 10.2. The van der Waals surface area contributed by atoms with E-state index in [-0.39, 0.29) is 17.8 Å². The van der Waals surface area contributed by atoms with Gasteiger partial charge in [0.05, 0.1) is 13.2 Å². The Labute approximate surface area is 174 Å². The second-order valence-electron chi connectivity index (χ2n) is 7.96. The summed E-state index contributed by atoms with van der Waals surface area (Å²) >= 11 is 0. The van der Waals surface area contributed by atoms with Gasteiger partial charge >= 0.3 is 0 Å². The van der Waals surface area contributed by atoms with Crippen LogP contribution in [0.1, 0.15) is 57.1 Å². The summed E-state index contributed by atoms with van der Waals surface area (Å²) in [5.41, 5.74) is 3.43. The Morgan fingerprint density at radius 1 is 1.28 bits per heavy atom. The van der Waals surface area contributed by atoms with Gasteiger partial charge in [0.25, 0.3) is 0 Å². The molecule has 1 fully saturated rings. The Balaban J connectivity index is 1.60. The SMILES string of the molecule is CCCOc1nccc(N2CC[C@@H](Oc3ccc([C@H](C)CC(C)=O)cc3)C2)c1C. The van der Waals surface area contributed by atoms with Gasteiger partial charge in [0.1, 0.15) is 17.6 Å². The van der Waals surface area contributed by atoms with E-state index in [2.05, 4.69) is 48.9 Å². The van der Waals surface area contributed by atoms with Crippen LogP contribution in [0.25, 0.3) is 0 Å². The van der Waals surface area contributed by atoms with Crippen LogP contribution < -0.4 is 14.4 Å². The Morgan fingerprint density at radius 3 is 2.72 bits per heavy atom. The fourth-order valence-corrected chi connectivity index (χ4v) is 3.85. The Kier molecular flexibility index (Phi) is 7.13. The van der Waals surface area contributed by atoms with Crippen molar-refractivity contribution in [3.63, 3.8) is 0 Å². The Morgan fingerprint density at radius 2 is 2.03 bits per heavy atom. The highest BCUT2D eigenvalue weighted by Crippen LogP contribution is 2.30. The highest BCUT2D eigenvalue weighted by molar-refractivity contribution is 5.76. The summed E-state index contributed by atoms with van der Waals surface area (Å²) in [5, 5.41) is 0. The van der Waals surface area contributed by atoms with E-state index in [1.54, 1.807) is 6.92 Å². The smallest absolute Gasteiger partial charge is 0.218 e. The topological polar surface area (TPSA) is 51.7 Å². The first-order valence-electron chi connectivity index (χ1n) is 10.6. The van der Waals surface area contributed by atoms with Crippen LogP contribution in [-0.2, 0) is 4.79 Å². The molecule has 5 nitrogen and oxygen atoms in total. The molecule has 0 saturated carbocycles. The number of ether oxygens (including phenoxy) is 2. The van der Waals surface area contributed by atoms with Crippen molar-refractivity contribution < 1.29 is 14.3 Å². The number of hydrogen-bond acceptors (Lipinski definition) is 5. The monoisotopic (exact) mass is 396 g/mol. The van der Waals surface area contributed by atoms with Gasteiger partial charge in [-0.3, -0.25) is 0 Å². The number of anilines is 1. The van der Waals surface area contributed by atoms with E-state index >= 15 is 0 Å². The fraction of sp³-hybridized carbons (Fsp3) is 0.500. The summed E-state index contributed by atoms with van der Waals surface area (Å²) in [7, 11) is 0. The van der Waals surface area contributed by atoms with E-state index in [9.17, 15) is 4.79 Å². The second-order valence-corrected chi connectivity index (χ2v) is 7.96. The van der Waals surface area contributed by atoms with Gasteiger partial charge in [-0.2, -0.15) is 0 Å². The molecular formula is C24H32N2O3. The summed E-state index contributed by atoms with van der Waals surface area (Å²) in [4.78, 5) is 18.1. The Bertz CT molecular complexity index is 819. The number of rotatable bonds is 9. The fourth-order valence-electron chi connectivity index (χ4n) is 3.85. The van der Waals surface area contributed by atoms with Gasteiger partial charge in [-0.05, 0) is 49.9 Å². The van der Waals surface area contributed by atoms with Crippen LogP contribution in [0, 0.1) is 6.92 Å². The van der Waals surface area contributed by atoms with E-state index in [4.69, 9.17) is 9.47 Å². The largest absolute Gasteiger partial charge is 0.489 e. The van der Waals surface area contributed by atoms with Crippen LogP contribution in [0.5, 0.6) is 11.6 Å². The van der Waals surface area contributed by atoms with E-state index < -0.39 is 0 Å². The molecule has 156 valence electrons. The summed E-state index contributed by atoms with van der Waals surface area (Å²) in [6.07, 6.45) is 4.51. The zero-order valence-electron chi connectivity index (χ0n) is 18.0. The average molecular weight is 397 g/mol. The molecule has 1 aliphatic heterocycles. The number of hydrogen-bond donors (Lipinski definition) is 0. The van der Waals surface area contributed by atoms with Crippen LogP contribution in [-0.4, -0.2) is 36.6 Å². The lowest BCUT2D eigenvalue weighted by Gasteiger charge is -2.22. The first-order valence-corrected chi connectivity index (χ1v) is 10.6. The third kappa shape index (κ3) is 5.49. The third-order valence-corrected chi connectivity index (χ3v) is 5.40. The Hall–Kier alpha value is -2.56. The number of benzene rings is 1. The highest BCUT2D eigenvalue weighted by Gasteiger charge is 2.26. The van der Waals surface area contributed by atoms with Gasteiger partial charge in [0.15, 0.2) is 0 Å². The van der Waals surface area contributed by atoms with Gasteiger partial charge in [-0.15, -0.1) is 0 Å². The zero-order valence-corrected chi connectivity index (χ0v) is 18.0. The number of nitrogens with zero attached hydrogens (tertiary/aromatic N) is 2.